The molecule has 7 heteroatoms. The van der Waals surface area contributed by atoms with Crippen molar-refractivity contribution in [2.75, 3.05) is 0 Å². The van der Waals surface area contributed by atoms with Crippen molar-refractivity contribution in [3.05, 3.63) is 53.1 Å². The van der Waals surface area contributed by atoms with Gasteiger partial charge in [0.05, 0.1) is 19.3 Å². The molecule has 1 aliphatic heterocycles. The molecule has 0 spiro atoms. The highest BCUT2D eigenvalue weighted by atomic mass is 31.2. The number of fused-ring (bicyclic) bond motifs is 3. The van der Waals surface area contributed by atoms with Gasteiger partial charge in [-0.1, -0.05) is 24.3 Å². The minimum atomic E-state index is -4.07. The molecule has 6 nitrogen and oxygen atoms in total. The Morgan fingerprint density at radius 3 is 2.60 bits per heavy atom. The van der Waals surface area contributed by atoms with Gasteiger partial charge in [0.25, 0.3) is 0 Å². The van der Waals surface area contributed by atoms with Gasteiger partial charge >= 0.3 is 7.82 Å². The maximum absolute atomic E-state index is 11.8. The summed E-state index contributed by atoms with van der Waals surface area (Å²) in [5.41, 5.74) is 4.59. The van der Waals surface area contributed by atoms with Crippen molar-refractivity contribution in [1.82, 2.24) is 0 Å². The molecule has 3 rings (SSSR count). The molecule has 0 radical (unpaired) electrons. The fourth-order valence-corrected chi connectivity index (χ4v) is 3.64. The highest BCUT2D eigenvalue weighted by molar-refractivity contribution is 7.47. The van der Waals surface area contributed by atoms with Crippen molar-refractivity contribution < 1.29 is 28.3 Å². The zero-order chi connectivity index (χ0) is 18.0. The first-order valence-corrected chi connectivity index (χ1v) is 9.52. The zero-order valence-electron chi connectivity index (χ0n) is 14.1. The molecule has 0 saturated carbocycles. The maximum atomic E-state index is 11.8. The second kappa shape index (κ2) is 7.28. The highest BCUT2D eigenvalue weighted by Gasteiger charge is 2.23. The summed E-state index contributed by atoms with van der Waals surface area (Å²) in [6.07, 6.45) is -0.400. The van der Waals surface area contributed by atoms with Crippen LogP contribution >= 0.6 is 7.82 Å². The lowest BCUT2D eigenvalue weighted by Crippen LogP contribution is -2.07. The van der Waals surface area contributed by atoms with Crippen LogP contribution in [-0.4, -0.2) is 16.1 Å². The molecule has 0 amide bonds. The minimum Gasteiger partial charge on any atom is -0.488 e. The summed E-state index contributed by atoms with van der Waals surface area (Å²) in [5, 5.41) is 9.24. The Balaban J connectivity index is 1.78. The molecule has 0 fully saturated rings. The molecule has 2 aromatic rings. The first kappa shape index (κ1) is 18.1. The third kappa shape index (κ3) is 4.29. The van der Waals surface area contributed by atoms with Crippen LogP contribution in [0.5, 0.6) is 5.75 Å². The molecule has 2 aromatic carbocycles. The molecule has 0 bridgehead atoms. The molecular formula is C18H21O6P. The van der Waals surface area contributed by atoms with E-state index in [1.54, 1.807) is 19.9 Å². The van der Waals surface area contributed by atoms with E-state index in [1.807, 2.05) is 30.3 Å². The van der Waals surface area contributed by atoms with Gasteiger partial charge in [0, 0.05) is 5.56 Å². The van der Waals surface area contributed by atoms with Crippen molar-refractivity contribution >= 4 is 7.82 Å². The number of ether oxygens (including phenoxy) is 1. The number of phosphoric ester groups is 1. The quantitative estimate of drug-likeness (QED) is 0.759. The van der Waals surface area contributed by atoms with Gasteiger partial charge in [-0.3, -0.25) is 9.05 Å². The van der Waals surface area contributed by atoms with Crippen molar-refractivity contribution in [1.29, 1.82) is 0 Å². The Morgan fingerprint density at radius 2 is 1.88 bits per heavy atom. The molecule has 0 aliphatic carbocycles. The van der Waals surface area contributed by atoms with Crippen molar-refractivity contribution in [3.8, 4) is 16.9 Å². The number of hydrogen-bond donors (Lipinski definition) is 2. The molecule has 2 N–H and O–H groups in total. The van der Waals surface area contributed by atoms with Gasteiger partial charge in [0.1, 0.15) is 12.4 Å². The Labute approximate surface area is 146 Å². The molecule has 1 unspecified atom stereocenters. The number of benzene rings is 2. The summed E-state index contributed by atoms with van der Waals surface area (Å²) < 4.78 is 27.5. The maximum Gasteiger partial charge on any atom is 0.472 e. The summed E-state index contributed by atoms with van der Waals surface area (Å²) in [6.45, 7) is 3.69. The van der Waals surface area contributed by atoms with Crippen LogP contribution in [0.25, 0.3) is 11.1 Å². The van der Waals surface area contributed by atoms with E-state index in [4.69, 9.17) is 13.8 Å². The lowest BCUT2D eigenvalue weighted by Gasteiger charge is -2.22. The van der Waals surface area contributed by atoms with Gasteiger partial charge in [0.2, 0.25) is 0 Å². The fraction of sp³-hybridized carbons (Fsp3) is 0.333. The average Bonchev–Trinajstić information content (AvgIpc) is 2.58. The fourth-order valence-electron chi connectivity index (χ4n) is 2.73. The summed E-state index contributed by atoms with van der Waals surface area (Å²) in [4.78, 5) is 9.62. The number of hydrogen-bond acceptors (Lipinski definition) is 5. The molecule has 1 atom stereocenters. The lowest BCUT2D eigenvalue weighted by molar-refractivity contribution is 0.116. The third-order valence-corrected chi connectivity index (χ3v) is 4.95. The first-order valence-electron chi connectivity index (χ1n) is 8.02. The molecule has 25 heavy (non-hydrogen) atoms. The van der Waals surface area contributed by atoms with E-state index >= 15 is 0 Å². The van der Waals surface area contributed by atoms with Crippen LogP contribution in [0.1, 0.15) is 30.5 Å². The van der Waals surface area contributed by atoms with Crippen LogP contribution in [0.15, 0.2) is 36.4 Å². The van der Waals surface area contributed by atoms with E-state index in [9.17, 15) is 14.6 Å². The third-order valence-electron chi connectivity index (χ3n) is 3.81. The minimum absolute atomic E-state index is 0.00389. The molecule has 0 saturated heterocycles. The smallest absolute Gasteiger partial charge is 0.472 e. The summed E-state index contributed by atoms with van der Waals surface area (Å²) in [5.74, 6) is 0.697. The zero-order valence-corrected chi connectivity index (χ0v) is 15.0. The Bertz CT molecular complexity index is 817. The monoisotopic (exact) mass is 364 g/mol. The lowest BCUT2D eigenvalue weighted by atomic mass is 9.94. The van der Waals surface area contributed by atoms with E-state index in [0.717, 1.165) is 27.8 Å². The number of rotatable bonds is 6. The van der Waals surface area contributed by atoms with Crippen LogP contribution in [0, 0.1) is 0 Å². The molecule has 1 heterocycles. The standard InChI is InChI=1S/C18H21O6P/c1-12(2)24-25(20,21)23-10-14-4-6-17-16-5-3-13(9-19)7-15(16)11-22-18(17)8-14/h3-8,12,19H,9-11H2,1-2H3,(H,20,21). The van der Waals surface area contributed by atoms with Gasteiger partial charge in [0.15, 0.2) is 0 Å². The number of aliphatic hydroxyl groups is 1. The van der Waals surface area contributed by atoms with Gasteiger partial charge in [-0.05, 0) is 48.2 Å². The molecule has 0 aromatic heterocycles. The van der Waals surface area contributed by atoms with E-state index in [0.29, 0.717) is 12.4 Å². The van der Waals surface area contributed by atoms with Crippen LogP contribution < -0.4 is 4.74 Å². The van der Waals surface area contributed by atoms with E-state index in [2.05, 4.69) is 0 Å². The second-order valence-corrected chi connectivity index (χ2v) is 7.57. The summed E-state index contributed by atoms with van der Waals surface area (Å²) in [6, 6.07) is 11.3. The first-order chi connectivity index (χ1) is 11.9. The van der Waals surface area contributed by atoms with Gasteiger partial charge < -0.3 is 14.7 Å². The Kier molecular flexibility index (Phi) is 5.27. The predicted octanol–water partition coefficient (Wildman–Crippen LogP) is 3.78. The van der Waals surface area contributed by atoms with E-state index in [1.165, 1.54) is 0 Å². The van der Waals surface area contributed by atoms with Crippen molar-refractivity contribution in [2.24, 2.45) is 0 Å². The van der Waals surface area contributed by atoms with E-state index in [-0.39, 0.29) is 13.2 Å². The Morgan fingerprint density at radius 1 is 1.16 bits per heavy atom. The van der Waals surface area contributed by atoms with Gasteiger partial charge in [-0.25, -0.2) is 4.57 Å². The van der Waals surface area contributed by atoms with Crippen LogP contribution in [-0.2, 0) is 33.4 Å². The largest absolute Gasteiger partial charge is 0.488 e. The average molecular weight is 364 g/mol. The van der Waals surface area contributed by atoms with Crippen LogP contribution in [0.4, 0.5) is 0 Å². The van der Waals surface area contributed by atoms with Crippen molar-refractivity contribution in [2.45, 2.75) is 39.8 Å². The molecule has 1 aliphatic rings. The molecule has 134 valence electrons. The topological polar surface area (TPSA) is 85.2 Å². The predicted molar refractivity (Wildman–Crippen MR) is 93.0 cm³/mol. The normalized spacial score (nSPS) is 15.2. The number of phosphoric acid groups is 1. The highest BCUT2D eigenvalue weighted by Crippen LogP contribution is 2.46. The SMILES string of the molecule is CC(C)OP(=O)(O)OCc1ccc2c(c1)OCc1cc(CO)ccc1-2. The Hall–Kier alpha value is -1.69. The van der Waals surface area contributed by atoms with E-state index < -0.39 is 13.9 Å². The summed E-state index contributed by atoms with van der Waals surface area (Å²) in [7, 11) is -4.07. The second-order valence-electron chi connectivity index (χ2n) is 6.16. The van der Waals surface area contributed by atoms with Gasteiger partial charge in [-0.2, -0.15) is 0 Å². The van der Waals surface area contributed by atoms with Crippen LogP contribution in [0.3, 0.4) is 0 Å². The van der Waals surface area contributed by atoms with Gasteiger partial charge in [-0.15, -0.1) is 0 Å². The number of aliphatic hydroxyl groups excluding tert-OH is 1. The van der Waals surface area contributed by atoms with Crippen molar-refractivity contribution in [3.63, 3.8) is 0 Å². The van der Waals surface area contributed by atoms with Crippen LogP contribution in [0.2, 0.25) is 0 Å². The summed E-state index contributed by atoms with van der Waals surface area (Å²) >= 11 is 0. The molecular weight excluding hydrogens is 343 g/mol.